The highest BCUT2D eigenvalue weighted by atomic mass is 127. The molecule has 0 aliphatic heterocycles. The molecular weight excluding hydrogens is 365 g/mol. The summed E-state index contributed by atoms with van der Waals surface area (Å²) in [5.41, 5.74) is 2.93. The largest absolute Gasteiger partial charge is 0.322 e. The first-order valence-corrected chi connectivity index (χ1v) is 7.08. The van der Waals surface area contributed by atoms with Gasteiger partial charge in [0.15, 0.2) is 0 Å². The average Bonchev–Trinajstić information content (AvgIpc) is 2.47. The van der Waals surface area contributed by atoms with Gasteiger partial charge in [-0.25, -0.2) is 0 Å². The van der Waals surface area contributed by atoms with Crippen LogP contribution >= 0.6 is 22.6 Å². The summed E-state index contributed by atoms with van der Waals surface area (Å²) in [7, 11) is 0. The molecule has 0 bridgehead atoms. The van der Waals surface area contributed by atoms with Gasteiger partial charge < -0.3 is 5.32 Å². The third kappa shape index (κ3) is 2.62. The van der Waals surface area contributed by atoms with Gasteiger partial charge in [0.1, 0.15) is 0 Å². The predicted molar refractivity (Wildman–Crippen MR) is 86.7 cm³/mol. The third-order valence-corrected chi connectivity index (χ3v) is 3.79. The van der Waals surface area contributed by atoms with Gasteiger partial charge in [-0.3, -0.25) is 14.8 Å². The monoisotopic (exact) mass is 375 g/mol. The van der Waals surface area contributed by atoms with Gasteiger partial charge in [0.05, 0.1) is 16.6 Å². The molecule has 0 unspecified atom stereocenters. The standard InChI is InChI=1S/C15H10IN3O/c16-12-4-2-1-3-11(12)15(20)19-10-5-6-13-14(9-10)18-8-7-17-13/h1-9H,(H,19,20). The van der Waals surface area contributed by atoms with Gasteiger partial charge in [0.25, 0.3) is 5.91 Å². The van der Waals surface area contributed by atoms with E-state index >= 15 is 0 Å². The number of amides is 1. The maximum absolute atomic E-state index is 12.2. The average molecular weight is 375 g/mol. The van der Waals surface area contributed by atoms with E-state index in [1.54, 1.807) is 18.5 Å². The van der Waals surface area contributed by atoms with Gasteiger partial charge in [-0.2, -0.15) is 0 Å². The maximum atomic E-state index is 12.2. The Kier molecular flexibility index (Phi) is 3.60. The number of anilines is 1. The van der Waals surface area contributed by atoms with Gasteiger partial charge in [0.2, 0.25) is 0 Å². The lowest BCUT2D eigenvalue weighted by molar-refractivity contribution is 0.102. The zero-order valence-electron chi connectivity index (χ0n) is 10.4. The fourth-order valence-electron chi connectivity index (χ4n) is 1.88. The van der Waals surface area contributed by atoms with Crippen molar-refractivity contribution in [3.8, 4) is 0 Å². The summed E-state index contributed by atoms with van der Waals surface area (Å²) in [5, 5.41) is 2.88. The van der Waals surface area contributed by atoms with Crippen LogP contribution in [-0.2, 0) is 0 Å². The number of halogens is 1. The summed E-state index contributed by atoms with van der Waals surface area (Å²) in [6.45, 7) is 0. The highest BCUT2D eigenvalue weighted by Gasteiger charge is 2.09. The molecule has 5 heteroatoms. The van der Waals surface area contributed by atoms with Crippen LogP contribution in [0.1, 0.15) is 10.4 Å². The molecule has 3 rings (SSSR count). The molecule has 0 radical (unpaired) electrons. The number of hydrogen-bond acceptors (Lipinski definition) is 3. The zero-order valence-corrected chi connectivity index (χ0v) is 12.5. The van der Waals surface area contributed by atoms with E-state index in [-0.39, 0.29) is 5.91 Å². The van der Waals surface area contributed by atoms with E-state index in [1.165, 1.54) is 0 Å². The molecule has 1 amide bonds. The molecule has 98 valence electrons. The Balaban J connectivity index is 1.89. The Bertz CT molecular complexity index is 789. The zero-order chi connectivity index (χ0) is 13.9. The van der Waals surface area contributed by atoms with Crippen molar-refractivity contribution in [3.05, 3.63) is 64.0 Å². The van der Waals surface area contributed by atoms with E-state index in [2.05, 4.69) is 37.9 Å². The van der Waals surface area contributed by atoms with Crippen LogP contribution in [0.2, 0.25) is 0 Å². The number of nitrogens with one attached hydrogen (secondary N) is 1. The minimum atomic E-state index is -0.127. The number of fused-ring (bicyclic) bond motifs is 1. The Labute approximate surface area is 129 Å². The SMILES string of the molecule is O=C(Nc1ccc2nccnc2c1)c1ccccc1I. The first-order valence-electron chi connectivity index (χ1n) is 6.01. The van der Waals surface area contributed by atoms with Crippen molar-refractivity contribution in [2.24, 2.45) is 0 Å². The number of rotatable bonds is 2. The molecule has 0 spiro atoms. The molecule has 20 heavy (non-hydrogen) atoms. The van der Waals surface area contributed by atoms with Gasteiger partial charge in [0, 0.05) is 21.7 Å². The molecule has 1 N–H and O–H groups in total. The molecule has 0 fully saturated rings. The third-order valence-electron chi connectivity index (χ3n) is 2.85. The van der Waals surface area contributed by atoms with Crippen LogP contribution in [0.5, 0.6) is 0 Å². The summed E-state index contributed by atoms with van der Waals surface area (Å²) >= 11 is 2.15. The number of hydrogen-bond donors (Lipinski definition) is 1. The minimum Gasteiger partial charge on any atom is -0.322 e. The van der Waals surface area contributed by atoms with Gasteiger partial charge in [-0.1, -0.05) is 12.1 Å². The van der Waals surface area contributed by atoms with Crippen LogP contribution in [0.25, 0.3) is 11.0 Å². The van der Waals surface area contributed by atoms with Crippen molar-refractivity contribution in [3.63, 3.8) is 0 Å². The second-order valence-corrected chi connectivity index (χ2v) is 5.36. The molecule has 0 saturated carbocycles. The Hall–Kier alpha value is -2.02. The first kappa shape index (κ1) is 13.0. The summed E-state index contributed by atoms with van der Waals surface area (Å²) in [6.07, 6.45) is 3.28. The molecule has 4 nitrogen and oxygen atoms in total. The minimum absolute atomic E-state index is 0.127. The molecule has 0 aliphatic carbocycles. The summed E-state index contributed by atoms with van der Waals surface area (Å²) in [4.78, 5) is 20.6. The van der Waals surface area contributed by atoms with E-state index in [1.807, 2.05) is 36.4 Å². The van der Waals surface area contributed by atoms with Crippen LogP contribution in [0.3, 0.4) is 0 Å². The van der Waals surface area contributed by atoms with E-state index in [9.17, 15) is 4.79 Å². The Morgan fingerprint density at radius 2 is 1.75 bits per heavy atom. The van der Waals surface area contributed by atoms with E-state index in [0.717, 1.165) is 14.6 Å². The second-order valence-electron chi connectivity index (χ2n) is 4.19. The molecule has 2 aromatic carbocycles. The summed E-state index contributed by atoms with van der Waals surface area (Å²) in [5.74, 6) is -0.127. The van der Waals surface area contributed by atoms with Crippen LogP contribution < -0.4 is 5.32 Å². The fourth-order valence-corrected chi connectivity index (χ4v) is 2.52. The smallest absolute Gasteiger partial charge is 0.256 e. The molecule has 0 atom stereocenters. The maximum Gasteiger partial charge on any atom is 0.256 e. The predicted octanol–water partition coefficient (Wildman–Crippen LogP) is 3.49. The van der Waals surface area contributed by atoms with Gasteiger partial charge >= 0.3 is 0 Å². The quantitative estimate of drug-likeness (QED) is 0.698. The highest BCUT2D eigenvalue weighted by Crippen LogP contribution is 2.17. The highest BCUT2D eigenvalue weighted by molar-refractivity contribution is 14.1. The molecule has 3 aromatic rings. The fraction of sp³-hybridized carbons (Fsp3) is 0. The number of carbonyl (C=O) groups excluding carboxylic acids is 1. The normalized spacial score (nSPS) is 10.4. The lowest BCUT2D eigenvalue weighted by atomic mass is 10.2. The number of nitrogens with zero attached hydrogens (tertiary/aromatic N) is 2. The molecule has 1 heterocycles. The van der Waals surface area contributed by atoms with E-state index < -0.39 is 0 Å². The van der Waals surface area contributed by atoms with Crippen LogP contribution in [0.15, 0.2) is 54.9 Å². The van der Waals surface area contributed by atoms with Crippen molar-refractivity contribution in [2.75, 3.05) is 5.32 Å². The van der Waals surface area contributed by atoms with Crippen molar-refractivity contribution < 1.29 is 4.79 Å². The van der Waals surface area contributed by atoms with E-state index in [4.69, 9.17) is 0 Å². The van der Waals surface area contributed by atoms with Crippen molar-refractivity contribution in [1.82, 2.24) is 9.97 Å². The van der Waals surface area contributed by atoms with Crippen molar-refractivity contribution >= 4 is 45.2 Å². The van der Waals surface area contributed by atoms with Gasteiger partial charge in [-0.15, -0.1) is 0 Å². The van der Waals surface area contributed by atoms with Gasteiger partial charge in [-0.05, 0) is 52.9 Å². The first-order chi connectivity index (χ1) is 9.74. The number of benzene rings is 2. The number of carbonyl (C=O) groups is 1. The molecular formula is C15H10IN3O. The number of aromatic nitrogens is 2. The van der Waals surface area contributed by atoms with Crippen LogP contribution in [0, 0.1) is 3.57 Å². The Morgan fingerprint density at radius 1 is 1.00 bits per heavy atom. The van der Waals surface area contributed by atoms with Crippen LogP contribution in [0.4, 0.5) is 5.69 Å². The lowest BCUT2D eigenvalue weighted by Crippen LogP contribution is -2.13. The molecule has 0 aliphatic rings. The van der Waals surface area contributed by atoms with Crippen LogP contribution in [-0.4, -0.2) is 15.9 Å². The van der Waals surface area contributed by atoms with Crippen molar-refractivity contribution in [1.29, 1.82) is 0 Å². The second kappa shape index (κ2) is 5.54. The lowest BCUT2D eigenvalue weighted by Gasteiger charge is -2.07. The molecule has 1 aromatic heterocycles. The summed E-state index contributed by atoms with van der Waals surface area (Å²) in [6, 6.07) is 12.9. The molecule has 0 saturated heterocycles. The van der Waals surface area contributed by atoms with E-state index in [0.29, 0.717) is 11.3 Å². The van der Waals surface area contributed by atoms with Crippen molar-refractivity contribution in [2.45, 2.75) is 0 Å². The Morgan fingerprint density at radius 3 is 2.55 bits per heavy atom. The summed E-state index contributed by atoms with van der Waals surface area (Å²) < 4.78 is 0.920. The topological polar surface area (TPSA) is 54.9 Å².